The predicted molar refractivity (Wildman–Crippen MR) is 127 cm³/mol. The molecule has 0 aromatic heterocycles. The first-order valence-electron chi connectivity index (χ1n) is 7.09. The van der Waals surface area contributed by atoms with E-state index in [1.165, 1.54) is 11.8 Å². The molecule has 0 fully saturated rings. The maximum atomic E-state index is 6.11. The average Bonchev–Trinajstić information content (AvgIpc) is 2.59. The average molecular weight is 520 g/mol. The molecule has 3 rings (SSSR count). The van der Waals surface area contributed by atoms with Gasteiger partial charge in [-0.3, -0.25) is 0 Å². The summed E-state index contributed by atoms with van der Waals surface area (Å²) in [7, 11) is 0. The molecule has 0 aliphatic rings. The molecule has 0 saturated heterocycles. The molecule has 3 aromatic rings. The molecule has 0 unspecified atom stereocenters. The zero-order valence-electron chi connectivity index (χ0n) is 13.4. The van der Waals surface area contributed by atoms with Crippen molar-refractivity contribution >= 4 is 100 Å². The van der Waals surface area contributed by atoms with Crippen molar-refractivity contribution in [3.63, 3.8) is 0 Å². The molecule has 0 aliphatic carbocycles. The number of nitrogen functional groups attached to an aromatic ring is 1. The van der Waals surface area contributed by atoms with Gasteiger partial charge in [-0.15, -0.1) is 25.0 Å². The summed E-state index contributed by atoms with van der Waals surface area (Å²) in [4.78, 5) is 2.47. The number of hydrogen-bond acceptors (Lipinski definition) is 3. The molecule has 0 amide bonds. The second-order valence-electron chi connectivity index (χ2n) is 4.92. The third-order valence-electron chi connectivity index (χ3n) is 3.02. The van der Waals surface area contributed by atoms with Gasteiger partial charge in [0.2, 0.25) is 0 Å². The fourth-order valence-electron chi connectivity index (χ4n) is 1.77. The van der Waals surface area contributed by atoms with Crippen LogP contribution in [0.2, 0.25) is 25.1 Å². The van der Waals surface area contributed by atoms with Crippen molar-refractivity contribution in [1.29, 1.82) is 0 Å². The molecular weight excluding hydrogens is 507 g/mol. The van der Waals surface area contributed by atoms with Crippen LogP contribution in [0, 0.1) is 0 Å². The third kappa shape index (κ3) is 7.34. The zero-order chi connectivity index (χ0) is 19.3. The van der Waals surface area contributed by atoms with Crippen molar-refractivity contribution < 1.29 is 0 Å². The van der Waals surface area contributed by atoms with Crippen LogP contribution in [-0.4, -0.2) is 0 Å². The Morgan fingerprint density at radius 1 is 0.704 bits per heavy atom. The van der Waals surface area contributed by atoms with Gasteiger partial charge in [0.25, 0.3) is 0 Å². The Bertz CT molecular complexity index is 900. The smallest absolute Gasteiger partial charge is 0.0731 e. The van der Waals surface area contributed by atoms with Crippen LogP contribution in [0.3, 0.4) is 0 Å². The molecule has 0 heterocycles. The highest BCUT2D eigenvalue weighted by atomic mass is 35.5. The van der Waals surface area contributed by atoms with E-state index in [9.17, 15) is 0 Å². The van der Waals surface area contributed by atoms with Crippen LogP contribution in [0.1, 0.15) is 0 Å². The van der Waals surface area contributed by atoms with E-state index in [2.05, 4.69) is 12.6 Å². The maximum Gasteiger partial charge on any atom is 0.0731 e. The third-order valence-corrected chi connectivity index (χ3v) is 6.84. The van der Waals surface area contributed by atoms with Crippen LogP contribution in [0.5, 0.6) is 0 Å². The molecule has 1 nitrogen and oxygen atoms in total. The lowest BCUT2D eigenvalue weighted by molar-refractivity contribution is 1.41. The second-order valence-corrected chi connectivity index (χ2v) is 8.46. The molecule has 2 N–H and O–H groups in total. The van der Waals surface area contributed by atoms with Crippen LogP contribution < -0.4 is 5.73 Å². The highest BCUT2D eigenvalue weighted by Gasteiger charge is 2.08. The minimum absolute atomic E-state index is 0. The standard InChI is InChI=1S/C12H8Cl3NS.C6H4Cl2S.ClH/c13-8-2-1-3-11(12(8)15)17-10-5-4-7(16)6-9(10)14;7-4-2-1-3-5(9)6(4)8;/h1-6H,16H2;1-3,9H;1H. The highest BCUT2D eigenvalue weighted by molar-refractivity contribution is 7.99. The van der Waals surface area contributed by atoms with E-state index in [1.54, 1.807) is 36.4 Å². The summed E-state index contributed by atoms with van der Waals surface area (Å²) in [5.74, 6) is 0. The Labute approximate surface area is 199 Å². The molecule has 3 aromatic carbocycles. The second kappa shape index (κ2) is 11.8. The highest BCUT2D eigenvalue weighted by Crippen LogP contribution is 2.40. The largest absolute Gasteiger partial charge is 0.399 e. The fraction of sp³-hybridized carbons (Fsp3) is 0. The normalized spacial score (nSPS) is 9.85. The van der Waals surface area contributed by atoms with Crippen molar-refractivity contribution in [3.8, 4) is 0 Å². The van der Waals surface area contributed by atoms with Gasteiger partial charge < -0.3 is 5.73 Å². The SMILES string of the molecule is Cl.Nc1ccc(Sc2cccc(Cl)c2Cl)c(Cl)c1.Sc1cccc(Cl)c1Cl. The summed E-state index contributed by atoms with van der Waals surface area (Å²) in [6.07, 6.45) is 0. The van der Waals surface area contributed by atoms with Crippen molar-refractivity contribution in [1.82, 2.24) is 0 Å². The molecule has 0 aliphatic heterocycles. The lowest BCUT2D eigenvalue weighted by Gasteiger charge is -2.07. The molecule has 144 valence electrons. The first kappa shape index (κ1) is 24.9. The minimum Gasteiger partial charge on any atom is -0.399 e. The minimum atomic E-state index is 0. The van der Waals surface area contributed by atoms with Crippen molar-refractivity contribution in [2.24, 2.45) is 0 Å². The number of nitrogens with two attached hydrogens (primary N) is 1. The van der Waals surface area contributed by atoms with E-state index >= 15 is 0 Å². The summed E-state index contributed by atoms with van der Waals surface area (Å²) in [5.41, 5.74) is 6.27. The Hall–Kier alpha value is -0.100. The van der Waals surface area contributed by atoms with Gasteiger partial charge in [-0.05, 0) is 42.5 Å². The van der Waals surface area contributed by atoms with Gasteiger partial charge in [0.1, 0.15) is 0 Å². The molecule has 27 heavy (non-hydrogen) atoms. The molecule has 0 atom stereocenters. The van der Waals surface area contributed by atoms with Crippen LogP contribution in [-0.2, 0) is 0 Å². The van der Waals surface area contributed by atoms with Gasteiger partial charge in [0.15, 0.2) is 0 Å². The van der Waals surface area contributed by atoms with E-state index in [-0.39, 0.29) is 12.4 Å². The Morgan fingerprint density at radius 2 is 1.30 bits per heavy atom. The Balaban J connectivity index is 0.000000310. The summed E-state index contributed by atoms with van der Waals surface area (Å²) in [5, 5.41) is 2.73. The number of halogens is 6. The molecular formula is C18H13Cl6NS2. The molecule has 0 spiro atoms. The van der Waals surface area contributed by atoms with Crippen molar-refractivity contribution in [3.05, 3.63) is 79.7 Å². The molecule has 0 bridgehead atoms. The van der Waals surface area contributed by atoms with Crippen LogP contribution >= 0.6 is 94.8 Å². The number of hydrogen-bond donors (Lipinski definition) is 2. The Kier molecular flexibility index (Phi) is 10.9. The van der Waals surface area contributed by atoms with Crippen molar-refractivity contribution in [2.45, 2.75) is 14.7 Å². The summed E-state index contributed by atoms with van der Waals surface area (Å²) in [6, 6.07) is 16.2. The fourth-order valence-corrected chi connectivity index (χ4v) is 4.00. The van der Waals surface area contributed by atoms with Crippen LogP contribution in [0.15, 0.2) is 69.3 Å². The molecule has 0 saturated carbocycles. The lowest BCUT2D eigenvalue weighted by Crippen LogP contribution is -1.85. The van der Waals surface area contributed by atoms with Gasteiger partial charge in [-0.1, -0.05) is 81.9 Å². The zero-order valence-corrected chi connectivity index (χ0v) is 19.7. The molecule has 9 heteroatoms. The topological polar surface area (TPSA) is 26.0 Å². The number of thiol groups is 1. The number of rotatable bonds is 2. The van der Waals surface area contributed by atoms with Crippen LogP contribution in [0.4, 0.5) is 5.69 Å². The monoisotopic (exact) mass is 517 g/mol. The maximum absolute atomic E-state index is 6.11. The van der Waals surface area contributed by atoms with E-state index in [1.807, 2.05) is 18.2 Å². The quantitative estimate of drug-likeness (QED) is 0.261. The van der Waals surface area contributed by atoms with Gasteiger partial charge >= 0.3 is 0 Å². The van der Waals surface area contributed by atoms with E-state index in [0.29, 0.717) is 35.7 Å². The summed E-state index contributed by atoms with van der Waals surface area (Å²) < 4.78 is 0. The molecule has 0 radical (unpaired) electrons. The Morgan fingerprint density at radius 3 is 1.85 bits per heavy atom. The first-order valence-corrected chi connectivity index (χ1v) is 10.2. The van der Waals surface area contributed by atoms with Crippen LogP contribution in [0.25, 0.3) is 0 Å². The summed E-state index contributed by atoms with van der Waals surface area (Å²) >= 11 is 35.0. The van der Waals surface area contributed by atoms with Gasteiger partial charge in [0.05, 0.1) is 25.1 Å². The summed E-state index contributed by atoms with van der Waals surface area (Å²) in [6.45, 7) is 0. The van der Waals surface area contributed by atoms with E-state index in [4.69, 9.17) is 63.7 Å². The predicted octanol–water partition coefficient (Wildman–Crippen LogP) is 9.08. The van der Waals surface area contributed by atoms with E-state index < -0.39 is 0 Å². The van der Waals surface area contributed by atoms with Gasteiger partial charge in [0, 0.05) is 20.4 Å². The number of anilines is 1. The van der Waals surface area contributed by atoms with Gasteiger partial charge in [-0.25, -0.2) is 0 Å². The van der Waals surface area contributed by atoms with Gasteiger partial charge in [-0.2, -0.15) is 0 Å². The van der Waals surface area contributed by atoms with Crippen molar-refractivity contribution in [2.75, 3.05) is 5.73 Å². The lowest BCUT2D eigenvalue weighted by atomic mass is 10.3. The van der Waals surface area contributed by atoms with E-state index in [0.717, 1.165) is 9.79 Å². The first-order chi connectivity index (χ1) is 12.3. The number of benzene rings is 3.